The maximum Gasteiger partial charge on any atom is 0.323 e. The fraction of sp³-hybridized carbons (Fsp3) is 0.389. The predicted molar refractivity (Wildman–Crippen MR) is 92.5 cm³/mol. The summed E-state index contributed by atoms with van der Waals surface area (Å²) in [6.07, 6.45) is 3.66. The van der Waals surface area contributed by atoms with Crippen molar-refractivity contribution in [1.82, 2.24) is 19.6 Å². The minimum Gasteiger partial charge on any atom is -0.480 e. The van der Waals surface area contributed by atoms with Gasteiger partial charge in [-0.1, -0.05) is 17.7 Å². The Bertz CT molecular complexity index is 786. The summed E-state index contributed by atoms with van der Waals surface area (Å²) in [5, 5.41) is 13.2. The highest BCUT2D eigenvalue weighted by molar-refractivity contribution is 5.83. The average Bonchev–Trinajstić information content (AvgIpc) is 3.03. The topological polar surface area (TPSA) is 78.7 Å². The molecular weight excluding hydrogens is 320 g/mol. The molecule has 1 aliphatic heterocycles. The number of hydrogen-bond donors (Lipinski definition) is 1. The molecule has 7 nitrogen and oxygen atoms in total. The smallest absolute Gasteiger partial charge is 0.323 e. The molecule has 0 atom stereocenters. The van der Waals surface area contributed by atoms with E-state index < -0.39 is 5.97 Å². The molecular formula is C18H22N4O3. The second-order valence-electron chi connectivity index (χ2n) is 6.46. The van der Waals surface area contributed by atoms with E-state index in [2.05, 4.69) is 36.0 Å². The molecule has 2 heterocycles. The third-order valence-corrected chi connectivity index (χ3v) is 4.38. The van der Waals surface area contributed by atoms with Crippen molar-refractivity contribution >= 4 is 11.9 Å². The second-order valence-corrected chi connectivity index (χ2v) is 6.46. The van der Waals surface area contributed by atoms with Crippen LogP contribution in [0.4, 0.5) is 0 Å². The Labute approximate surface area is 146 Å². The highest BCUT2D eigenvalue weighted by Crippen LogP contribution is 2.23. The van der Waals surface area contributed by atoms with E-state index in [0.29, 0.717) is 19.6 Å². The van der Waals surface area contributed by atoms with E-state index in [4.69, 9.17) is 5.11 Å². The lowest BCUT2D eigenvalue weighted by Gasteiger charge is -2.33. The van der Waals surface area contributed by atoms with Crippen LogP contribution in [0.25, 0.3) is 5.69 Å². The molecule has 1 aromatic carbocycles. The Morgan fingerprint density at radius 2 is 2.08 bits per heavy atom. The summed E-state index contributed by atoms with van der Waals surface area (Å²) in [6.45, 7) is 5.85. The van der Waals surface area contributed by atoms with Gasteiger partial charge in [0.1, 0.15) is 6.54 Å². The predicted octanol–water partition coefficient (Wildman–Crippen LogP) is 1.22. The molecule has 0 unspecified atom stereocenters. The number of hydrogen-bond acceptors (Lipinski definition) is 4. The van der Waals surface area contributed by atoms with E-state index in [1.807, 2.05) is 16.9 Å². The van der Waals surface area contributed by atoms with Crippen LogP contribution in [0.2, 0.25) is 0 Å². The van der Waals surface area contributed by atoms with Gasteiger partial charge in [0.15, 0.2) is 0 Å². The molecule has 1 N–H and O–H groups in total. The van der Waals surface area contributed by atoms with Crippen LogP contribution in [0, 0.1) is 13.8 Å². The Hall–Kier alpha value is -2.67. The van der Waals surface area contributed by atoms with Crippen molar-refractivity contribution in [3.63, 3.8) is 0 Å². The van der Waals surface area contributed by atoms with Gasteiger partial charge in [0.25, 0.3) is 0 Å². The van der Waals surface area contributed by atoms with E-state index in [1.165, 1.54) is 10.5 Å². The zero-order valence-electron chi connectivity index (χ0n) is 14.5. The van der Waals surface area contributed by atoms with Crippen LogP contribution in [0.3, 0.4) is 0 Å². The Balaban J connectivity index is 1.80. The maximum absolute atomic E-state index is 12.2. The number of aliphatic carboxylic acids is 1. The molecule has 0 bridgehead atoms. The average molecular weight is 342 g/mol. The van der Waals surface area contributed by atoms with Crippen LogP contribution in [-0.4, -0.2) is 62.7 Å². The van der Waals surface area contributed by atoms with Gasteiger partial charge in [-0.2, -0.15) is 5.10 Å². The number of rotatable bonds is 5. The summed E-state index contributed by atoms with van der Waals surface area (Å²) in [6, 6.07) is 6.13. The van der Waals surface area contributed by atoms with Crippen LogP contribution in [-0.2, 0) is 16.1 Å². The lowest BCUT2D eigenvalue weighted by atomic mass is 10.0. The van der Waals surface area contributed by atoms with Gasteiger partial charge >= 0.3 is 5.97 Å². The van der Waals surface area contributed by atoms with E-state index >= 15 is 0 Å². The van der Waals surface area contributed by atoms with Crippen molar-refractivity contribution in [1.29, 1.82) is 0 Å². The first-order chi connectivity index (χ1) is 11.9. The lowest BCUT2D eigenvalue weighted by Crippen LogP contribution is -2.51. The zero-order chi connectivity index (χ0) is 18.0. The number of carbonyl (C=O) groups excluding carboxylic acids is 1. The first-order valence-electron chi connectivity index (χ1n) is 8.26. The highest BCUT2D eigenvalue weighted by atomic mass is 16.4. The van der Waals surface area contributed by atoms with Gasteiger partial charge in [0, 0.05) is 32.0 Å². The molecule has 1 amide bonds. The van der Waals surface area contributed by atoms with Crippen LogP contribution >= 0.6 is 0 Å². The van der Waals surface area contributed by atoms with Crippen molar-refractivity contribution in [2.45, 2.75) is 20.4 Å². The van der Waals surface area contributed by atoms with Gasteiger partial charge in [-0.3, -0.25) is 14.5 Å². The summed E-state index contributed by atoms with van der Waals surface area (Å²) in [5.74, 6) is -1.12. The third kappa shape index (κ3) is 3.88. The van der Waals surface area contributed by atoms with Crippen LogP contribution < -0.4 is 0 Å². The summed E-state index contributed by atoms with van der Waals surface area (Å²) in [7, 11) is 0. The maximum atomic E-state index is 12.2. The van der Waals surface area contributed by atoms with E-state index in [9.17, 15) is 9.59 Å². The van der Waals surface area contributed by atoms with Crippen molar-refractivity contribution < 1.29 is 14.7 Å². The number of carboxylic acids is 1. The molecule has 132 valence electrons. The van der Waals surface area contributed by atoms with Gasteiger partial charge in [0.05, 0.1) is 12.2 Å². The molecule has 0 saturated carbocycles. The SMILES string of the molecule is Cc1cc(C)c(-n2cccn2)c(CN2CCN(CC(=O)O)C(=O)C2)c1. The number of carbonyl (C=O) groups is 2. The molecule has 0 aliphatic carbocycles. The molecule has 2 aromatic rings. The Kier molecular flexibility index (Phi) is 4.85. The van der Waals surface area contributed by atoms with Gasteiger partial charge in [-0.15, -0.1) is 0 Å². The Morgan fingerprint density at radius 1 is 1.28 bits per heavy atom. The van der Waals surface area contributed by atoms with Crippen molar-refractivity contribution in [3.05, 3.63) is 47.3 Å². The molecule has 1 saturated heterocycles. The number of amides is 1. The van der Waals surface area contributed by atoms with Crippen LogP contribution in [0.15, 0.2) is 30.6 Å². The van der Waals surface area contributed by atoms with Gasteiger partial charge in [0.2, 0.25) is 5.91 Å². The number of aromatic nitrogens is 2. The Morgan fingerprint density at radius 3 is 2.72 bits per heavy atom. The highest BCUT2D eigenvalue weighted by Gasteiger charge is 2.26. The van der Waals surface area contributed by atoms with Crippen molar-refractivity contribution in [2.75, 3.05) is 26.2 Å². The largest absolute Gasteiger partial charge is 0.480 e. The fourth-order valence-corrected chi connectivity index (χ4v) is 3.36. The molecule has 0 radical (unpaired) electrons. The number of aryl methyl sites for hydroxylation is 2. The molecule has 1 aliphatic rings. The second kappa shape index (κ2) is 7.06. The summed E-state index contributed by atoms with van der Waals surface area (Å²) in [4.78, 5) is 26.5. The van der Waals surface area contributed by atoms with Gasteiger partial charge in [-0.05, 0) is 31.0 Å². The number of nitrogens with zero attached hydrogens (tertiary/aromatic N) is 4. The summed E-state index contributed by atoms with van der Waals surface area (Å²) in [5.41, 5.74) is 4.45. The van der Waals surface area contributed by atoms with E-state index in [0.717, 1.165) is 16.8 Å². The summed E-state index contributed by atoms with van der Waals surface area (Å²) < 4.78 is 1.85. The number of carboxylic acid groups (broad SMARTS) is 1. The van der Waals surface area contributed by atoms with Crippen LogP contribution in [0.5, 0.6) is 0 Å². The van der Waals surface area contributed by atoms with E-state index in [1.54, 1.807) is 6.20 Å². The lowest BCUT2D eigenvalue weighted by molar-refractivity contribution is -0.147. The first-order valence-corrected chi connectivity index (χ1v) is 8.26. The van der Waals surface area contributed by atoms with Gasteiger partial charge < -0.3 is 10.0 Å². The molecule has 7 heteroatoms. The van der Waals surface area contributed by atoms with Gasteiger partial charge in [-0.25, -0.2) is 4.68 Å². The standard InChI is InChI=1S/C18H22N4O3/c1-13-8-14(2)18(22-5-3-4-19-22)15(9-13)10-20-6-7-21(12-17(24)25)16(23)11-20/h3-5,8-9H,6-7,10-12H2,1-2H3,(H,24,25). The summed E-state index contributed by atoms with van der Waals surface area (Å²) >= 11 is 0. The molecule has 25 heavy (non-hydrogen) atoms. The molecule has 1 fully saturated rings. The number of benzene rings is 1. The quantitative estimate of drug-likeness (QED) is 0.884. The monoisotopic (exact) mass is 342 g/mol. The minimum absolute atomic E-state index is 0.140. The molecule has 1 aromatic heterocycles. The molecule has 3 rings (SSSR count). The third-order valence-electron chi connectivity index (χ3n) is 4.38. The minimum atomic E-state index is -0.975. The first kappa shape index (κ1) is 17.2. The normalized spacial score (nSPS) is 15.6. The van der Waals surface area contributed by atoms with Crippen molar-refractivity contribution in [3.8, 4) is 5.69 Å². The van der Waals surface area contributed by atoms with E-state index in [-0.39, 0.29) is 19.0 Å². The molecule has 0 spiro atoms. The van der Waals surface area contributed by atoms with Crippen molar-refractivity contribution in [2.24, 2.45) is 0 Å². The fourth-order valence-electron chi connectivity index (χ4n) is 3.36. The zero-order valence-corrected chi connectivity index (χ0v) is 14.5. The van der Waals surface area contributed by atoms with Crippen LogP contribution in [0.1, 0.15) is 16.7 Å². The number of piperazine rings is 1.